The van der Waals surface area contributed by atoms with Gasteiger partial charge >= 0.3 is 19.1 Å². The van der Waals surface area contributed by atoms with E-state index < -0.39 is 38.2 Å². The summed E-state index contributed by atoms with van der Waals surface area (Å²) in [5.74, 6) is -1.94. The standard InChI is InChI=1S/C15H13BN2O8/c19-13(20)5-11-15-9(16(23)26-11)3-8(4-10(15)24-7-14(21)22)25-12-6-17-1-2-18-12/h1-4,6,11,23H,5,7H2,(H,19,20)(H,21,22). The fourth-order valence-electron chi connectivity index (χ4n) is 2.55. The molecule has 2 aromatic rings. The van der Waals surface area contributed by atoms with E-state index in [2.05, 4.69) is 9.97 Å². The van der Waals surface area contributed by atoms with Gasteiger partial charge in [0.25, 0.3) is 0 Å². The Balaban J connectivity index is 1.99. The second kappa shape index (κ2) is 7.37. The zero-order valence-electron chi connectivity index (χ0n) is 13.2. The van der Waals surface area contributed by atoms with Crippen molar-refractivity contribution in [1.29, 1.82) is 0 Å². The van der Waals surface area contributed by atoms with Gasteiger partial charge in [0.2, 0.25) is 5.88 Å². The maximum Gasteiger partial charge on any atom is 0.492 e. The van der Waals surface area contributed by atoms with Gasteiger partial charge in [0.05, 0.1) is 18.7 Å². The number of rotatable bonds is 7. The van der Waals surface area contributed by atoms with E-state index in [-0.39, 0.29) is 28.4 Å². The number of ether oxygens (including phenoxy) is 2. The van der Waals surface area contributed by atoms with Gasteiger partial charge in [-0.05, 0) is 11.5 Å². The second-order valence-corrected chi connectivity index (χ2v) is 5.33. The number of nitrogens with zero attached hydrogens (tertiary/aromatic N) is 2. The van der Waals surface area contributed by atoms with E-state index in [4.69, 9.17) is 24.3 Å². The molecule has 0 bridgehead atoms. The summed E-state index contributed by atoms with van der Waals surface area (Å²) < 4.78 is 16.0. The fourth-order valence-corrected chi connectivity index (χ4v) is 2.55. The smallest absolute Gasteiger partial charge is 0.481 e. The first-order valence-corrected chi connectivity index (χ1v) is 7.45. The molecule has 1 atom stereocenters. The van der Waals surface area contributed by atoms with E-state index in [1.165, 1.54) is 30.7 Å². The molecule has 1 unspecified atom stereocenters. The minimum Gasteiger partial charge on any atom is -0.481 e. The summed E-state index contributed by atoms with van der Waals surface area (Å²) in [6.45, 7) is -0.656. The zero-order chi connectivity index (χ0) is 18.7. The summed E-state index contributed by atoms with van der Waals surface area (Å²) in [5.41, 5.74) is 0.505. The van der Waals surface area contributed by atoms with Crippen molar-refractivity contribution in [3.8, 4) is 17.4 Å². The van der Waals surface area contributed by atoms with Crippen molar-refractivity contribution in [3.05, 3.63) is 36.3 Å². The average Bonchev–Trinajstić information content (AvgIpc) is 2.89. The number of carboxylic acid groups (broad SMARTS) is 2. The van der Waals surface area contributed by atoms with Gasteiger partial charge < -0.3 is 29.4 Å². The maximum atomic E-state index is 11.0. The molecule has 11 heteroatoms. The lowest BCUT2D eigenvalue weighted by Crippen LogP contribution is -2.28. The van der Waals surface area contributed by atoms with E-state index in [9.17, 15) is 14.6 Å². The van der Waals surface area contributed by atoms with Crippen LogP contribution < -0.4 is 14.9 Å². The molecule has 2 heterocycles. The van der Waals surface area contributed by atoms with Crippen LogP contribution in [0, 0.1) is 0 Å². The minimum atomic E-state index is -1.40. The first-order valence-electron chi connectivity index (χ1n) is 7.45. The number of hydrogen-bond donors (Lipinski definition) is 3. The molecule has 26 heavy (non-hydrogen) atoms. The van der Waals surface area contributed by atoms with Crippen LogP contribution in [0.3, 0.4) is 0 Å². The first kappa shape index (κ1) is 17.6. The van der Waals surface area contributed by atoms with Crippen LogP contribution in [0.2, 0.25) is 0 Å². The third kappa shape index (κ3) is 3.90. The molecular weight excluding hydrogens is 347 g/mol. The molecular formula is C15H13BN2O8. The Kier molecular flexibility index (Phi) is 5.00. The molecule has 3 N–H and O–H groups in total. The van der Waals surface area contributed by atoms with Gasteiger partial charge in [-0.2, -0.15) is 0 Å². The topological polar surface area (TPSA) is 148 Å². The Bertz CT molecular complexity index is 832. The Morgan fingerprint density at radius 1 is 1.23 bits per heavy atom. The van der Waals surface area contributed by atoms with Gasteiger partial charge in [0.15, 0.2) is 6.61 Å². The largest absolute Gasteiger partial charge is 0.492 e. The van der Waals surface area contributed by atoms with Crippen LogP contribution in [0.5, 0.6) is 17.4 Å². The summed E-state index contributed by atoms with van der Waals surface area (Å²) in [5, 5.41) is 27.9. The van der Waals surface area contributed by atoms with Crippen molar-refractivity contribution in [3.63, 3.8) is 0 Å². The predicted molar refractivity (Wildman–Crippen MR) is 85.4 cm³/mol. The summed E-state index contributed by atoms with van der Waals surface area (Å²) in [6, 6.07) is 2.83. The van der Waals surface area contributed by atoms with Crippen LogP contribution in [0.25, 0.3) is 0 Å². The zero-order valence-corrected chi connectivity index (χ0v) is 13.2. The number of benzene rings is 1. The lowest BCUT2D eigenvalue weighted by atomic mass is 9.78. The van der Waals surface area contributed by atoms with Gasteiger partial charge in [-0.3, -0.25) is 9.78 Å². The SMILES string of the molecule is O=C(O)COc1cc(Oc2cnccn2)cc2c1C(CC(=O)O)OB2O. The van der Waals surface area contributed by atoms with Crippen molar-refractivity contribution < 1.29 is 39.0 Å². The van der Waals surface area contributed by atoms with Crippen molar-refractivity contribution in [1.82, 2.24) is 9.97 Å². The monoisotopic (exact) mass is 360 g/mol. The molecule has 0 amide bonds. The van der Waals surface area contributed by atoms with Gasteiger partial charge in [-0.15, -0.1) is 0 Å². The van der Waals surface area contributed by atoms with Gasteiger partial charge in [0, 0.05) is 24.0 Å². The van der Waals surface area contributed by atoms with E-state index in [0.717, 1.165) is 0 Å². The van der Waals surface area contributed by atoms with E-state index in [0.29, 0.717) is 0 Å². The van der Waals surface area contributed by atoms with Gasteiger partial charge in [-0.25, -0.2) is 9.78 Å². The second-order valence-electron chi connectivity index (χ2n) is 5.33. The number of aliphatic carboxylic acids is 2. The summed E-state index contributed by atoms with van der Waals surface area (Å²) >= 11 is 0. The quantitative estimate of drug-likeness (QED) is 0.575. The molecule has 0 spiro atoms. The average molecular weight is 360 g/mol. The first-order chi connectivity index (χ1) is 12.4. The third-order valence-electron chi connectivity index (χ3n) is 3.50. The predicted octanol–water partition coefficient (Wildman–Crippen LogP) is -0.0342. The highest BCUT2D eigenvalue weighted by Crippen LogP contribution is 2.37. The molecule has 0 radical (unpaired) electrons. The van der Waals surface area contributed by atoms with Gasteiger partial charge in [-0.1, -0.05) is 0 Å². The molecule has 0 aliphatic carbocycles. The molecule has 1 aromatic carbocycles. The van der Waals surface area contributed by atoms with Crippen LogP contribution in [0.1, 0.15) is 18.1 Å². The van der Waals surface area contributed by atoms with E-state index in [1.54, 1.807) is 0 Å². The summed E-state index contributed by atoms with van der Waals surface area (Å²) in [6.07, 6.45) is 2.85. The number of carboxylic acids is 2. The summed E-state index contributed by atoms with van der Waals surface area (Å²) in [7, 11) is -1.40. The Hall–Kier alpha value is -3.18. The number of aromatic nitrogens is 2. The van der Waals surface area contributed by atoms with Crippen LogP contribution in [-0.2, 0) is 14.2 Å². The van der Waals surface area contributed by atoms with Crippen molar-refractivity contribution in [2.45, 2.75) is 12.5 Å². The Morgan fingerprint density at radius 2 is 2.04 bits per heavy atom. The molecule has 10 nitrogen and oxygen atoms in total. The number of fused-ring (bicyclic) bond motifs is 1. The molecule has 134 valence electrons. The molecule has 0 saturated carbocycles. The van der Waals surface area contributed by atoms with Crippen LogP contribution in [-0.4, -0.2) is 50.9 Å². The Morgan fingerprint density at radius 3 is 2.69 bits per heavy atom. The molecule has 0 saturated heterocycles. The van der Waals surface area contributed by atoms with Crippen LogP contribution in [0.4, 0.5) is 0 Å². The molecule has 1 aromatic heterocycles. The Labute approximate surface area is 147 Å². The van der Waals surface area contributed by atoms with Crippen molar-refractivity contribution in [2.24, 2.45) is 0 Å². The van der Waals surface area contributed by atoms with E-state index in [1.807, 2.05) is 0 Å². The van der Waals surface area contributed by atoms with E-state index >= 15 is 0 Å². The highest BCUT2D eigenvalue weighted by molar-refractivity contribution is 6.62. The van der Waals surface area contributed by atoms with Crippen molar-refractivity contribution >= 4 is 24.5 Å². The number of hydrogen-bond acceptors (Lipinski definition) is 8. The lowest BCUT2D eigenvalue weighted by Gasteiger charge is -2.15. The lowest BCUT2D eigenvalue weighted by molar-refractivity contribution is -0.140. The minimum absolute atomic E-state index is 0.0478. The highest BCUT2D eigenvalue weighted by Gasteiger charge is 2.39. The molecule has 3 rings (SSSR count). The van der Waals surface area contributed by atoms with Crippen LogP contribution >= 0.6 is 0 Å². The molecule has 0 fully saturated rings. The van der Waals surface area contributed by atoms with Crippen molar-refractivity contribution in [2.75, 3.05) is 6.61 Å². The maximum absolute atomic E-state index is 11.0. The third-order valence-corrected chi connectivity index (χ3v) is 3.50. The number of carbonyl (C=O) groups is 2. The molecule has 1 aliphatic rings. The molecule has 1 aliphatic heterocycles. The van der Waals surface area contributed by atoms with Crippen LogP contribution in [0.15, 0.2) is 30.7 Å². The fraction of sp³-hybridized carbons (Fsp3) is 0.200. The normalized spacial score (nSPS) is 15.4. The van der Waals surface area contributed by atoms with Gasteiger partial charge in [0.1, 0.15) is 11.5 Å². The highest BCUT2D eigenvalue weighted by atomic mass is 16.5. The summed E-state index contributed by atoms with van der Waals surface area (Å²) in [4.78, 5) is 29.7.